The van der Waals surface area contributed by atoms with Gasteiger partial charge in [0.15, 0.2) is 11.7 Å². The van der Waals surface area contributed by atoms with Crippen LogP contribution in [0, 0.1) is 0 Å². The average Bonchev–Trinajstić information content (AvgIpc) is 2.85. The van der Waals surface area contributed by atoms with E-state index < -0.39 is 0 Å². The maximum absolute atomic E-state index is 5.27. The van der Waals surface area contributed by atoms with Crippen LogP contribution in [0.4, 0.5) is 0 Å². The first-order chi connectivity index (χ1) is 9.56. The Morgan fingerprint density at radius 2 is 2.20 bits per heavy atom. The summed E-state index contributed by atoms with van der Waals surface area (Å²) in [7, 11) is 1.68. The lowest BCUT2D eigenvalue weighted by Crippen LogP contribution is -2.43. The fourth-order valence-electron chi connectivity index (χ4n) is 1.68. The minimum atomic E-state index is 0.193. The smallest absolute Gasteiger partial charge is 0.191 e. The number of rotatable bonds is 7. The molecule has 0 aliphatic carbocycles. The van der Waals surface area contributed by atoms with E-state index in [1.54, 1.807) is 7.11 Å². The fourth-order valence-corrected chi connectivity index (χ4v) is 1.68. The fraction of sp³-hybridized carbons (Fsp3) is 0.714. The van der Waals surface area contributed by atoms with E-state index in [-0.39, 0.29) is 6.04 Å². The summed E-state index contributed by atoms with van der Waals surface area (Å²) in [5.41, 5.74) is 0.959. The van der Waals surface area contributed by atoms with Crippen LogP contribution >= 0.6 is 0 Å². The molecule has 0 saturated carbocycles. The summed E-state index contributed by atoms with van der Waals surface area (Å²) in [5.74, 6) is 1.88. The van der Waals surface area contributed by atoms with Gasteiger partial charge in [0.1, 0.15) is 6.54 Å². The van der Waals surface area contributed by atoms with Crippen LogP contribution in [0.15, 0.2) is 15.6 Å². The summed E-state index contributed by atoms with van der Waals surface area (Å²) in [6, 6.07) is 2.15. The summed E-state index contributed by atoms with van der Waals surface area (Å²) < 4.78 is 10.4. The van der Waals surface area contributed by atoms with Gasteiger partial charge in [-0.05, 0) is 19.8 Å². The second kappa shape index (κ2) is 8.58. The van der Waals surface area contributed by atoms with E-state index in [9.17, 15) is 0 Å². The van der Waals surface area contributed by atoms with Crippen LogP contribution < -0.4 is 10.6 Å². The Morgan fingerprint density at radius 1 is 1.45 bits per heavy atom. The number of aliphatic imine (C=N–C) groups is 1. The Hall–Kier alpha value is -1.56. The molecule has 1 rings (SSSR count). The Kier molecular flexibility index (Phi) is 7.08. The number of nitrogens with one attached hydrogen (secondary N) is 2. The van der Waals surface area contributed by atoms with Crippen LogP contribution in [0.1, 0.15) is 45.1 Å². The highest BCUT2D eigenvalue weighted by atomic mass is 16.5. The molecule has 0 radical (unpaired) electrons. The van der Waals surface area contributed by atoms with Crippen LogP contribution in [-0.4, -0.2) is 37.4 Å². The van der Waals surface area contributed by atoms with E-state index in [0.717, 1.165) is 24.0 Å². The number of nitrogens with zero attached hydrogens (tertiary/aromatic N) is 2. The molecular weight excluding hydrogens is 256 g/mol. The standard InChI is InChI=1S/C14H26N4O2/c1-6-15-14(17-11(4)9-19-5)16-8-12-7-13(10(2)3)18-20-12/h7,10-11H,6,8-9H2,1-5H3,(H2,15,16,17). The van der Waals surface area contributed by atoms with Gasteiger partial charge >= 0.3 is 0 Å². The molecule has 1 aromatic rings. The molecule has 0 aliphatic rings. The molecular formula is C14H26N4O2. The molecule has 0 amide bonds. The van der Waals surface area contributed by atoms with Crippen molar-refractivity contribution in [3.8, 4) is 0 Å². The molecule has 0 aromatic carbocycles. The molecule has 0 bridgehead atoms. The van der Waals surface area contributed by atoms with E-state index in [2.05, 4.69) is 34.6 Å². The highest BCUT2D eigenvalue weighted by molar-refractivity contribution is 5.80. The third kappa shape index (κ3) is 5.61. The van der Waals surface area contributed by atoms with Crippen LogP contribution in [0.25, 0.3) is 0 Å². The van der Waals surface area contributed by atoms with E-state index in [1.807, 2.05) is 19.9 Å². The summed E-state index contributed by atoms with van der Waals surface area (Å²) in [5, 5.41) is 10.5. The van der Waals surface area contributed by atoms with Gasteiger partial charge in [-0.25, -0.2) is 4.99 Å². The van der Waals surface area contributed by atoms with E-state index in [1.165, 1.54) is 0 Å². The zero-order chi connectivity index (χ0) is 15.0. The van der Waals surface area contributed by atoms with Crippen molar-refractivity contribution in [1.29, 1.82) is 0 Å². The number of hydrogen-bond donors (Lipinski definition) is 2. The minimum Gasteiger partial charge on any atom is -0.383 e. The van der Waals surface area contributed by atoms with E-state index >= 15 is 0 Å². The summed E-state index contributed by atoms with van der Waals surface area (Å²) in [4.78, 5) is 4.48. The lowest BCUT2D eigenvalue weighted by Gasteiger charge is -2.16. The normalized spacial score (nSPS) is 13.6. The number of guanidine groups is 1. The first kappa shape index (κ1) is 16.5. The molecule has 20 heavy (non-hydrogen) atoms. The summed E-state index contributed by atoms with van der Waals surface area (Å²) >= 11 is 0. The first-order valence-electron chi connectivity index (χ1n) is 7.06. The van der Waals surface area contributed by atoms with Crippen LogP contribution in [0.5, 0.6) is 0 Å². The molecule has 1 unspecified atom stereocenters. The zero-order valence-electron chi connectivity index (χ0n) is 13.1. The number of ether oxygens (including phenoxy) is 1. The lowest BCUT2D eigenvalue weighted by atomic mass is 10.1. The number of hydrogen-bond acceptors (Lipinski definition) is 4. The van der Waals surface area contributed by atoms with Gasteiger partial charge in [-0.1, -0.05) is 19.0 Å². The molecule has 0 aliphatic heterocycles. The zero-order valence-corrected chi connectivity index (χ0v) is 13.1. The van der Waals surface area contributed by atoms with Gasteiger partial charge in [-0.2, -0.15) is 0 Å². The van der Waals surface area contributed by atoms with Crippen molar-refractivity contribution in [3.05, 3.63) is 17.5 Å². The van der Waals surface area contributed by atoms with E-state index in [4.69, 9.17) is 9.26 Å². The van der Waals surface area contributed by atoms with Crippen molar-refractivity contribution in [1.82, 2.24) is 15.8 Å². The predicted molar refractivity (Wildman–Crippen MR) is 79.9 cm³/mol. The molecule has 0 spiro atoms. The molecule has 6 heteroatoms. The average molecular weight is 282 g/mol. The Bertz CT molecular complexity index is 415. The van der Waals surface area contributed by atoms with Crippen LogP contribution in [0.3, 0.4) is 0 Å². The minimum absolute atomic E-state index is 0.193. The molecule has 1 heterocycles. The Labute approximate surface area is 121 Å². The van der Waals surface area contributed by atoms with Gasteiger partial charge in [-0.3, -0.25) is 0 Å². The largest absolute Gasteiger partial charge is 0.383 e. The number of aromatic nitrogens is 1. The van der Waals surface area contributed by atoms with Crippen molar-refractivity contribution >= 4 is 5.96 Å². The van der Waals surface area contributed by atoms with Crippen molar-refractivity contribution in [3.63, 3.8) is 0 Å². The quantitative estimate of drug-likeness (QED) is 0.590. The van der Waals surface area contributed by atoms with Gasteiger partial charge in [0.05, 0.1) is 12.3 Å². The van der Waals surface area contributed by atoms with Gasteiger partial charge in [-0.15, -0.1) is 0 Å². The van der Waals surface area contributed by atoms with Crippen LogP contribution in [0.2, 0.25) is 0 Å². The third-order valence-electron chi connectivity index (χ3n) is 2.71. The molecule has 6 nitrogen and oxygen atoms in total. The van der Waals surface area contributed by atoms with Gasteiger partial charge in [0.2, 0.25) is 0 Å². The van der Waals surface area contributed by atoms with Crippen LogP contribution in [-0.2, 0) is 11.3 Å². The monoisotopic (exact) mass is 282 g/mol. The van der Waals surface area contributed by atoms with Crippen molar-refractivity contribution in [2.75, 3.05) is 20.3 Å². The second-order valence-corrected chi connectivity index (χ2v) is 5.07. The molecule has 2 N–H and O–H groups in total. The van der Waals surface area contributed by atoms with Crippen molar-refractivity contribution < 1.29 is 9.26 Å². The van der Waals surface area contributed by atoms with E-state index in [0.29, 0.717) is 19.1 Å². The van der Waals surface area contributed by atoms with Gasteiger partial charge in [0, 0.05) is 25.8 Å². The highest BCUT2D eigenvalue weighted by Gasteiger charge is 2.08. The second-order valence-electron chi connectivity index (χ2n) is 5.07. The SMILES string of the molecule is CCNC(=NCc1cc(C(C)C)no1)NC(C)COC. The first-order valence-corrected chi connectivity index (χ1v) is 7.06. The maximum Gasteiger partial charge on any atom is 0.191 e. The maximum atomic E-state index is 5.27. The topological polar surface area (TPSA) is 71.7 Å². The van der Waals surface area contributed by atoms with Crippen molar-refractivity contribution in [2.24, 2.45) is 4.99 Å². The molecule has 114 valence electrons. The Balaban J connectivity index is 2.60. The number of methoxy groups -OCH3 is 1. The Morgan fingerprint density at radius 3 is 2.75 bits per heavy atom. The molecule has 0 fully saturated rings. The van der Waals surface area contributed by atoms with Crippen molar-refractivity contribution in [2.45, 2.75) is 46.2 Å². The predicted octanol–water partition coefficient (Wildman–Crippen LogP) is 1.89. The molecule has 1 atom stereocenters. The third-order valence-corrected chi connectivity index (χ3v) is 2.71. The highest BCUT2D eigenvalue weighted by Crippen LogP contribution is 2.14. The molecule has 0 saturated heterocycles. The van der Waals surface area contributed by atoms with Gasteiger partial charge < -0.3 is 19.9 Å². The summed E-state index contributed by atoms with van der Waals surface area (Å²) in [6.07, 6.45) is 0. The molecule has 1 aromatic heterocycles. The summed E-state index contributed by atoms with van der Waals surface area (Å²) in [6.45, 7) is 10.1. The van der Waals surface area contributed by atoms with Gasteiger partial charge in [0.25, 0.3) is 0 Å². The lowest BCUT2D eigenvalue weighted by molar-refractivity contribution is 0.179.